The molecule has 0 amide bonds. The number of rotatable bonds is 12. The standard InChI is InChI=1S/C18H31NO4/c1-5-6-7-8-9-10-11-12-13-18(22)23-16(14-17(20)21)15-19(2,3)4/h5-6,9-10,16H,7-8,11-15H2,1-4H3/b6-5+,10-9+. The van der Waals surface area contributed by atoms with Crippen molar-refractivity contribution >= 4 is 11.9 Å². The van der Waals surface area contributed by atoms with Gasteiger partial charge in [-0.05, 0) is 32.6 Å². The highest BCUT2D eigenvalue weighted by atomic mass is 16.5. The zero-order valence-corrected chi connectivity index (χ0v) is 14.9. The number of esters is 1. The van der Waals surface area contributed by atoms with E-state index < -0.39 is 12.1 Å². The van der Waals surface area contributed by atoms with E-state index in [4.69, 9.17) is 4.74 Å². The Labute approximate surface area is 140 Å². The second kappa shape index (κ2) is 11.9. The molecular formula is C18H31NO4. The Morgan fingerprint density at radius 3 is 2.26 bits per heavy atom. The molecule has 0 aromatic carbocycles. The van der Waals surface area contributed by atoms with Crippen molar-refractivity contribution in [1.29, 1.82) is 0 Å². The maximum absolute atomic E-state index is 11.8. The van der Waals surface area contributed by atoms with Crippen molar-refractivity contribution in [1.82, 2.24) is 0 Å². The third kappa shape index (κ3) is 15.1. The molecule has 0 aromatic rings. The number of hydrogen-bond acceptors (Lipinski definition) is 4. The summed E-state index contributed by atoms with van der Waals surface area (Å²) >= 11 is 0. The van der Waals surface area contributed by atoms with Crippen LogP contribution in [-0.2, 0) is 14.3 Å². The largest absolute Gasteiger partial charge is 0.550 e. The normalized spacial score (nSPS) is 13.6. The molecule has 0 saturated carbocycles. The van der Waals surface area contributed by atoms with E-state index >= 15 is 0 Å². The Kier molecular flexibility index (Phi) is 11.0. The molecule has 0 aromatic heterocycles. The van der Waals surface area contributed by atoms with Gasteiger partial charge in [-0.15, -0.1) is 0 Å². The minimum atomic E-state index is -1.19. The maximum atomic E-state index is 11.8. The first-order chi connectivity index (χ1) is 10.7. The van der Waals surface area contributed by atoms with E-state index in [9.17, 15) is 14.7 Å². The number of likely N-dealkylation sites (N-methyl/N-ethyl adjacent to an activating group) is 1. The fourth-order valence-corrected chi connectivity index (χ4v) is 2.14. The Bertz CT molecular complexity index is 408. The fourth-order valence-electron chi connectivity index (χ4n) is 2.14. The third-order valence-electron chi connectivity index (χ3n) is 3.10. The SMILES string of the molecule is C/C=C/CC/C=C/CCCC(=O)OC(CC(=O)[O-])C[N+](C)(C)C. The lowest BCUT2D eigenvalue weighted by Crippen LogP contribution is -2.45. The molecule has 0 spiro atoms. The van der Waals surface area contributed by atoms with Gasteiger partial charge in [-0.2, -0.15) is 0 Å². The summed E-state index contributed by atoms with van der Waals surface area (Å²) in [6.07, 6.45) is 11.3. The summed E-state index contributed by atoms with van der Waals surface area (Å²) in [5.74, 6) is -1.53. The number of nitrogens with zero attached hydrogens (tertiary/aromatic N) is 1. The predicted octanol–water partition coefficient (Wildman–Crippen LogP) is 1.83. The van der Waals surface area contributed by atoms with Gasteiger partial charge in [0.05, 0.1) is 21.1 Å². The van der Waals surface area contributed by atoms with Crippen molar-refractivity contribution in [3.8, 4) is 0 Å². The van der Waals surface area contributed by atoms with Crippen LogP contribution in [-0.4, -0.2) is 50.2 Å². The second-order valence-electron chi connectivity index (χ2n) is 6.67. The van der Waals surface area contributed by atoms with Gasteiger partial charge in [0, 0.05) is 18.8 Å². The van der Waals surface area contributed by atoms with Crippen LogP contribution in [0.2, 0.25) is 0 Å². The van der Waals surface area contributed by atoms with E-state index in [0.29, 0.717) is 23.9 Å². The van der Waals surface area contributed by atoms with Gasteiger partial charge in [0.1, 0.15) is 6.54 Å². The molecule has 5 nitrogen and oxygen atoms in total. The molecule has 0 fully saturated rings. The maximum Gasteiger partial charge on any atom is 0.306 e. The highest BCUT2D eigenvalue weighted by Gasteiger charge is 2.22. The number of allylic oxidation sites excluding steroid dienone is 4. The minimum absolute atomic E-state index is 0.258. The van der Waals surface area contributed by atoms with Crippen LogP contribution in [0.25, 0.3) is 0 Å². The molecule has 0 aliphatic rings. The lowest BCUT2D eigenvalue weighted by molar-refractivity contribution is -0.873. The number of ether oxygens (including phenoxy) is 1. The summed E-state index contributed by atoms with van der Waals surface area (Å²) in [4.78, 5) is 22.6. The van der Waals surface area contributed by atoms with E-state index in [-0.39, 0.29) is 12.4 Å². The molecule has 1 unspecified atom stereocenters. The Morgan fingerprint density at radius 2 is 1.70 bits per heavy atom. The lowest BCUT2D eigenvalue weighted by Gasteiger charge is -2.29. The van der Waals surface area contributed by atoms with Crippen molar-refractivity contribution in [2.24, 2.45) is 0 Å². The smallest absolute Gasteiger partial charge is 0.306 e. The van der Waals surface area contributed by atoms with Gasteiger partial charge in [-0.1, -0.05) is 24.3 Å². The number of carbonyl (C=O) groups excluding carboxylic acids is 2. The fraction of sp³-hybridized carbons (Fsp3) is 0.667. The highest BCUT2D eigenvalue weighted by Crippen LogP contribution is 2.08. The van der Waals surface area contributed by atoms with Crippen molar-refractivity contribution < 1.29 is 23.9 Å². The number of carboxylic acid groups (broad SMARTS) is 1. The zero-order chi connectivity index (χ0) is 17.7. The average Bonchev–Trinajstić information content (AvgIpc) is 2.39. The summed E-state index contributed by atoms with van der Waals surface area (Å²) in [5.41, 5.74) is 0. The number of unbranched alkanes of at least 4 members (excludes halogenated alkanes) is 2. The summed E-state index contributed by atoms with van der Waals surface area (Å²) in [6.45, 7) is 2.45. The van der Waals surface area contributed by atoms with Crippen LogP contribution < -0.4 is 5.11 Å². The van der Waals surface area contributed by atoms with Crippen LogP contribution in [0.15, 0.2) is 24.3 Å². The van der Waals surface area contributed by atoms with Crippen molar-refractivity contribution in [2.75, 3.05) is 27.7 Å². The van der Waals surface area contributed by atoms with Crippen LogP contribution in [0.5, 0.6) is 0 Å². The van der Waals surface area contributed by atoms with E-state index in [2.05, 4.69) is 18.2 Å². The number of quaternary nitrogens is 1. The van der Waals surface area contributed by atoms with E-state index in [1.807, 2.05) is 34.1 Å². The van der Waals surface area contributed by atoms with Crippen LogP contribution in [0, 0.1) is 0 Å². The van der Waals surface area contributed by atoms with Gasteiger partial charge in [0.2, 0.25) is 0 Å². The Balaban J connectivity index is 4.05. The molecule has 132 valence electrons. The number of hydrogen-bond donors (Lipinski definition) is 0. The molecule has 5 heteroatoms. The lowest BCUT2D eigenvalue weighted by atomic mass is 10.2. The Hall–Kier alpha value is -1.62. The molecular weight excluding hydrogens is 294 g/mol. The van der Waals surface area contributed by atoms with E-state index in [1.165, 1.54) is 0 Å². The molecule has 0 bridgehead atoms. The first-order valence-electron chi connectivity index (χ1n) is 8.20. The molecule has 0 N–H and O–H groups in total. The van der Waals surface area contributed by atoms with Crippen LogP contribution in [0.3, 0.4) is 0 Å². The molecule has 0 aliphatic heterocycles. The molecule has 0 heterocycles. The Morgan fingerprint density at radius 1 is 1.09 bits per heavy atom. The van der Waals surface area contributed by atoms with Gasteiger partial charge >= 0.3 is 5.97 Å². The molecule has 0 saturated heterocycles. The van der Waals surface area contributed by atoms with Crippen LogP contribution >= 0.6 is 0 Å². The van der Waals surface area contributed by atoms with E-state index in [0.717, 1.165) is 19.3 Å². The van der Waals surface area contributed by atoms with Gasteiger partial charge in [0.25, 0.3) is 0 Å². The zero-order valence-electron chi connectivity index (χ0n) is 14.9. The first-order valence-corrected chi connectivity index (χ1v) is 8.20. The highest BCUT2D eigenvalue weighted by molar-refractivity contribution is 5.70. The summed E-state index contributed by atoms with van der Waals surface area (Å²) in [6, 6.07) is 0. The molecule has 23 heavy (non-hydrogen) atoms. The molecule has 0 aliphatic carbocycles. The number of carbonyl (C=O) groups is 2. The first kappa shape index (κ1) is 21.4. The van der Waals surface area contributed by atoms with Crippen molar-refractivity contribution in [2.45, 2.75) is 51.6 Å². The summed E-state index contributed by atoms with van der Waals surface area (Å²) in [5, 5.41) is 10.8. The van der Waals surface area contributed by atoms with Crippen LogP contribution in [0.4, 0.5) is 0 Å². The molecule has 1 atom stereocenters. The monoisotopic (exact) mass is 325 g/mol. The van der Waals surface area contributed by atoms with Gasteiger partial charge < -0.3 is 19.1 Å². The number of aliphatic carboxylic acids is 1. The van der Waals surface area contributed by atoms with Gasteiger partial charge in [0.15, 0.2) is 6.10 Å². The van der Waals surface area contributed by atoms with E-state index in [1.54, 1.807) is 0 Å². The van der Waals surface area contributed by atoms with Gasteiger partial charge in [-0.3, -0.25) is 4.79 Å². The number of carboxylic acids is 1. The molecule has 0 rings (SSSR count). The predicted molar refractivity (Wildman–Crippen MR) is 89.4 cm³/mol. The molecule has 0 radical (unpaired) electrons. The van der Waals surface area contributed by atoms with Crippen molar-refractivity contribution in [3.63, 3.8) is 0 Å². The average molecular weight is 325 g/mol. The minimum Gasteiger partial charge on any atom is -0.550 e. The quantitative estimate of drug-likeness (QED) is 0.238. The third-order valence-corrected chi connectivity index (χ3v) is 3.10. The second-order valence-corrected chi connectivity index (χ2v) is 6.67. The summed E-state index contributed by atoms with van der Waals surface area (Å²) in [7, 11) is 5.78. The summed E-state index contributed by atoms with van der Waals surface area (Å²) < 4.78 is 5.82. The van der Waals surface area contributed by atoms with Crippen LogP contribution in [0.1, 0.15) is 45.4 Å². The van der Waals surface area contributed by atoms with Gasteiger partial charge in [-0.25, -0.2) is 0 Å². The van der Waals surface area contributed by atoms with Crippen molar-refractivity contribution in [3.05, 3.63) is 24.3 Å². The topological polar surface area (TPSA) is 66.4 Å².